The second-order valence-electron chi connectivity index (χ2n) is 9.13. The van der Waals surface area contributed by atoms with Crippen LogP contribution in [0.2, 0.25) is 0 Å². The molecule has 2 nitrogen and oxygen atoms in total. The van der Waals surface area contributed by atoms with Gasteiger partial charge in [0.05, 0.1) is 18.4 Å². The van der Waals surface area contributed by atoms with Gasteiger partial charge in [-0.2, -0.15) is 0 Å². The molecule has 3 rings (SSSR count). The summed E-state index contributed by atoms with van der Waals surface area (Å²) in [6.07, 6.45) is 8.67. The molecule has 154 valence electrons. The van der Waals surface area contributed by atoms with E-state index in [1.165, 1.54) is 59.1 Å². The van der Waals surface area contributed by atoms with Gasteiger partial charge in [-0.1, -0.05) is 58.0 Å². The minimum Gasteiger partial charge on any atom is -0.378 e. The summed E-state index contributed by atoms with van der Waals surface area (Å²) in [6.45, 7) is 12.2. The van der Waals surface area contributed by atoms with Crippen LogP contribution in [0.4, 0.5) is 0 Å². The van der Waals surface area contributed by atoms with Gasteiger partial charge >= 0.3 is 0 Å². The van der Waals surface area contributed by atoms with Crippen LogP contribution in [0.3, 0.4) is 0 Å². The van der Waals surface area contributed by atoms with Crippen molar-refractivity contribution in [2.75, 3.05) is 6.54 Å². The van der Waals surface area contributed by atoms with Gasteiger partial charge in [0, 0.05) is 11.8 Å². The quantitative estimate of drug-likeness (QED) is 0.527. The maximum Gasteiger partial charge on any atom is 0.0605 e. The van der Waals surface area contributed by atoms with Crippen molar-refractivity contribution in [2.45, 2.75) is 60.3 Å². The van der Waals surface area contributed by atoms with E-state index in [4.69, 9.17) is 0 Å². The topological polar surface area (TPSA) is 24.4 Å². The number of nitrogens with zero attached hydrogens (tertiary/aromatic N) is 1. The minimum atomic E-state index is 0.729. The Morgan fingerprint density at radius 3 is 2.17 bits per heavy atom. The normalized spacial score (nSPS) is 13.7. The monoisotopic (exact) mass is 388 g/mol. The summed E-state index contributed by atoms with van der Waals surface area (Å²) in [5.74, 6) is 1.47. The Balaban J connectivity index is 1.94. The predicted molar refractivity (Wildman–Crippen MR) is 127 cm³/mol. The number of nitrogens with one attached hydrogen (secondary N) is 1. The maximum atomic E-state index is 4.33. The lowest BCUT2D eigenvalue weighted by Gasteiger charge is -2.17. The molecule has 0 saturated heterocycles. The van der Waals surface area contributed by atoms with Crippen molar-refractivity contribution in [1.29, 1.82) is 0 Å². The van der Waals surface area contributed by atoms with Gasteiger partial charge in [-0.15, -0.1) is 0 Å². The Hall–Kier alpha value is -2.35. The minimum absolute atomic E-state index is 0.729. The SMILES string of the molecule is Cc1ccc(-c2ccc(CCC(C)C)c(CCC(C)C)c2)cc1C1=CN=CCN1. The molecule has 0 aromatic heterocycles. The van der Waals surface area contributed by atoms with Gasteiger partial charge in [-0.05, 0) is 78.3 Å². The molecule has 1 aliphatic heterocycles. The van der Waals surface area contributed by atoms with Gasteiger partial charge in [0.15, 0.2) is 0 Å². The van der Waals surface area contributed by atoms with Crippen molar-refractivity contribution < 1.29 is 0 Å². The van der Waals surface area contributed by atoms with E-state index in [9.17, 15) is 0 Å². The van der Waals surface area contributed by atoms with Gasteiger partial charge in [0.1, 0.15) is 0 Å². The summed E-state index contributed by atoms with van der Waals surface area (Å²) in [7, 11) is 0. The molecule has 0 unspecified atom stereocenters. The zero-order valence-corrected chi connectivity index (χ0v) is 18.8. The van der Waals surface area contributed by atoms with Crippen LogP contribution in [-0.4, -0.2) is 12.8 Å². The van der Waals surface area contributed by atoms with Crippen LogP contribution in [0.25, 0.3) is 16.8 Å². The molecule has 29 heavy (non-hydrogen) atoms. The molecule has 0 saturated carbocycles. The zero-order chi connectivity index (χ0) is 20.8. The van der Waals surface area contributed by atoms with Crippen LogP contribution in [-0.2, 0) is 12.8 Å². The fourth-order valence-electron chi connectivity index (χ4n) is 3.81. The van der Waals surface area contributed by atoms with Crippen LogP contribution >= 0.6 is 0 Å². The fraction of sp³-hybridized carbons (Fsp3) is 0.444. The number of hydrogen-bond acceptors (Lipinski definition) is 2. The number of benzene rings is 2. The Morgan fingerprint density at radius 1 is 0.862 bits per heavy atom. The summed E-state index contributed by atoms with van der Waals surface area (Å²) >= 11 is 0. The largest absolute Gasteiger partial charge is 0.378 e. The molecular weight excluding hydrogens is 352 g/mol. The third-order valence-corrected chi connectivity index (χ3v) is 5.74. The first-order valence-electron chi connectivity index (χ1n) is 11.1. The van der Waals surface area contributed by atoms with E-state index >= 15 is 0 Å². The fourth-order valence-corrected chi connectivity index (χ4v) is 3.81. The van der Waals surface area contributed by atoms with Gasteiger partial charge < -0.3 is 5.32 Å². The number of aryl methyl sites for hydroxylation is 3. The van der Waals surface area contributed by atoms with Crippen LogP contribution < -0.4 is 5.32 Å². The highest BCUT2D eigenvalue weighted by Crippen LogP contribution is 2.29. The average Bonchev–Trinajstić information content (AvgIpc) is 2.72. The Bertz CT molecular complexity index is 887. The summed E-state index contributed by atoms with van der Waals surface area (Å²) in [5, 5.41) is 3.45. The molecule has 2 aromatic rings. The van der Waals surface area contributed by atoms with Gasteiger partial charge in [-0.3, -0.25) is 4.99 Å². The Kier molecular flexibility index (Phi) is 7.30. The second kappa shape index (κ2) is 9.91. The van der Waals surface area contributed by atoms with Crippen molar-refractivity contribution in [3.8, 4) is 11.1 Å². The lowest BCUT2D eigenvalue weighted by atomic mass is 9.90. The summed E-state index contributed by atoms with van der Waals surface area (Å²) in [5.41, 5.74) is 9.29. The number of aliphatic imine (C=N–C) groups is 1. The van der Waals surface area contributed by atoms with Crippen molar-refractivity contribution in [2.24, 2.45) is 16.8 Å². The van der Waals surface area contributed by atoms with E-state index in [1.54, 1.807) is 0 Å². The standard InChI is InChI=1S/C27H36N2/c1-19(2)6-9-22-12-13-24(16-23(22)10-7-20(3)4)25-11-8-21(5)26(17-25)27-18-28-14-15-29-27/h8,11-14,16-20,29H,6-7,9-10,15H2,1-5H3. The van der Waals surface area contributed by atoms with Crippen LogP contribution in [0.1, 0.15) is 62.8 Å². The van der Waals surface area contributed by atoms with E-state index in [2.05, 4.69) is 81.3 Å². The molecule has 1 aliphatic rings. The third-order valence-electron chi connectivity index (χ3n) is 5.74. The van der Waals surface area contributed by atoms with Gasteiger partial charge in [0.25, 0.3) is 0 Å². The lowest BCUT2D eigenvalue weighted by molar-refractivity contribution is 0.571. The molecule has 2 heteroatoms. The van der Waals surface area contributed by atoms with E-state index in [1.807, 2.05) is 12.4 Å². The lowest BCUT2D eigenvalue weighted by Crippen LogP contribution is -2.18. The van der Waals surface area contributed by atoms with Crippen molar-refractivity contribution >= 4 is 11.9 Å². The molecule has 1 heterocycles. The Labute approximate surface area is 177 Å². The molecule has 0 bridgehead atoms. The Morgan fingerprint density at radius 2 is 1.52 bits per heavy atom. The first-order valence-corrected chi connectivity index (χ1v) is 11.1. The van der Waals surface area contributed by atoms with Gasteiger partial charge in [0.2, 0.25) is 0 Å². The van der Waals surface area contributed by atoms with Crippen LogP contribution in [0.5, 0.6) is 0 Å². The molecule has 0 fully saturated rings. The van der Waals surface area contributed by atoms with Crippen molar-refractivity contribution in [1.82, 2.24) is 5.32 Å². The van der Waals surface area contributed by atoms with E-state index < -0.39 is 0 Å². The molecule has 0 radical (unpaired) electrons. The molecule has 0 spiro atoms. The summed E-state index contributed by atoms with van der Waals surface area (Å²) in [6, 6.07) is 13.9. The maximum absolute atomic E-state index is 4.33. The van der Waals surface area contributed by atoms with Crippen LogP contribution in [0, 0.1) is 18.8 Å². The van der Waals surface area contributed by atoms with E-state index in [-0.39, 0.29) is 0 Å². The van der Waals surface area contributed by atoms with Crippen molar-refractivity contribution in [3.05, 3.63) is 64.9 Å². The first-order chi connectivity index (χ1) is 13.9. The molecule has 0 amide bonds. The number of rotatable bonds is 8. The highest BCUT2D eigenvalue weighted by atomic mass is 14.9. The highest BCUT2D eigenvalue weighted by Gasteiger charge is 2.11. The molecular formula is C27H36N2. The van der Waals surface area contributed by atoms with Gasteiger partial charge in [-0.25, -0.2) is 0 Å². The average molecular weight is 389 g/mol. The molecule has 0 atom stereocenters. The van der Waals surface area contributed by atoms with E-state index in [0.29, 0.717) is 0 Å². The third kappa shape index (κ3) is 5.82. The zero-order valence-electron chi connectivity index (χ0n) is 18.8. The molecule has 0 aliphatic carbocycles. The molecule has 1 N–H and O–H groups in total. The predicted octanol–water partition coefficient (Wildman–Crippen LogP) is 6.81. The first kappa shape index (κ1) is 21.4. The van der Waals surface area contributed by atoms with Crippen LogP contribution in [0.15, 0.2) is 47.6 Å². The molecule has 2 aromatic carbocycles. The summed E-state index contributed by atoms with van der Waals surface area (Å²) < 4.78 is 0. The smallest absolute Gasteiger partial charge is 0.0605 e. The van der Waals surface area contributed by atoms with Crippen molar-refractivity contribution in [3.63, 3.8) is 0 Å². The van der Waals surface area contributed by atoms with E-state index in [0.717, 1.165) is 24.1 Å². The highest BCUT2D eigenvalue weighted by molar-refractivity contribution is 5.78. The number of hydrogen-bond donors (Lipinski definition) is 1. The second-order valence-corrected chi connectivity index (χ2v) is 9.13. The summed E-state index contributed by atoms with van der Waals surface area (Å²) in [4.78, 5) is 4.33.